The molecule has 1 aliphatic rings. The van der Waals surface area contributed by atoms with Crippen LogP contribution in [-0.2, 0) is 0 Å². The van der Waals surface area contributed by atoms with Crippen molar-refractivity contribution in [1.29, 1.82) is 0 Å². The first-order valence-electron chi connectivity index (χ1n) is 7.40. The van der Waals surface area contributed by atoms with E-state index in [-0.39, 0.29) is 11.7 Å². The van der Waals surface area contributed by atoms with E-state index in [1.165, 1.54) is 6.07 Å². The summed E-state index contributed by atoms with van der Waals surface area (Å²) in [6, 6.07) is 12.1. The van der Waals surface area contributed by atoms with Gasteiger partial charge in [0.05, 0.1) is 0 Å². The van der Waals surface area contributed by atoms with Crippen molar-refractivity contribution in [3.63, 3.8) is 0 Å². The molecule has 0 aliphatic carbocycles. The summed E-state index contributed by atoms with van der Waals surface area (Å²) < 4.78 is 13.9. The Morgan fingerprint density at radius 3 is 2.91 bits per heavy atom. The summed E-state index contributed by atoms with van der Waals surface area (Å²) in [5.74, 6) is -0.414. The number of hydrogen-bond donors (Lipinski definition) is 1. The van der Waals surface area contributed by atoms with Gasteiger partial charge in [-0.1, -0.05) is 24.3 Å². The number of carbonyl (C=O) groups excluding carboxylic acids is 1. The van der Waals surface area contributed by atoms with E-state index in [1.807, 2.05) is 18.2 Å². The van der Waals surface area contributed by atoms with Crippen molar-refractivity contribution >= 4 is 22.5 Å². The Balaban J connectivity index is 1.56. The van der Waals surface area contributed by atoms with Crippen LogP contribution in [0.1, 0.15) is 16.1 Å². The summed E-state index contributed by atoms with van der Waals surface area (Å²) in [5.41, 5.74) is 2.47. The fourth-order valence-corrected chi connectivity index (χ4v) is 2.84. The molecule has 0 saturated heterocycles. The number of nitrogens with zero attached hydrogens (tertiary/aromatic N) is 2. The van der Waals surface area contributed by atoms with Crippen LogP contribution in [0.15, 0.2) is 54.7 Å². The molecule has 1 aromatic carbocycles. The van der Waals surface area contributed by atoms with Crippen LogP contribution in [-0.4, -0.2) is 33.9 Å². The second-order valence-corrected chi connectivity index (χ2v) is 5.51. The zero-order valence-electron chi connectivity index (χ0n) is 12.3. The Morgan fingerprint density at radius 2 is 2.04 bits per heavy atom. The van der Waals surface area contributed by atoms with E-state index >= 15 is 0 Å². The zero-order valence-corrected chi connectivity index (χ0v) is 12.3. The molecular weight excluding hydrogens is 293 g/mol. The zero-order chi connectivity index (χ0) is 15.8. The maximum Gasteiger partial charge on any atom is 0.273 e. The van der Waals surface area contributed by atoms with Gasteiger partial charge in [0.25, 0.3) is 5.91 Å². The molecule has 23 heavy (non-hydrogen) atoms. The maximum absolute atomic E-state index is 13.9. The third kappa shape index (κ3) is 2.40. The number of carbonyl (C=O) groups is 1. The van der Waals surface area contributed by atoms with Gasteiger partial charge in [-0.3, -0.25) is 4.79 Å². The first kappa shape index (κ1) is 13.7. The SMILES string of the molecule is O=C(c1ccc2cc[nH]c2n1)N1CC=C(c2ccccc2F)C1. The molecule has 5 heteroatoms. The molecule has 3 aromatic rings. The van der Waals surface area contributed by atoms with Gasteiger partial charge in [0, 0.05) is 30.2 Å². The Hall–Kier alpha value is -2.95. The van der Waals surface area contributed by atoms with Gasteiger partial charge < -0.3 is 9.88 Å². The quantitative estimate of drug-likeness (QED) is 0.790. The van der Waals surface area contributed by atoms with E-state index in [0.717, 1.165) is 11.0 Å². The molecule has 1 N–H and O–H groups in total. The topological polar surface area (TPSA) is 49.0 Å². The molecule has 4 nitrogen and oxygen atoms in total. The van der Waals surface area contributed by atoms with Gasteiger partial charge in [-0.15, -0.1) is 0 Å². The Labute approximate surface area is 132 Å². The third-order valence-corrected chi connectivity index (χ3v) is 4.05. The minimum Gasteiger partial charge on any atom is -0.346 e. The molecule has 1 amide bonds. The predicted octanol–water partition coefficient (Wildman–Crippen LogP) is 3.24. The van der Waals surface area contributed by atoms with E-state index in [1.54, 1.807) is 35.4 Å². The summed E-state index contributed by atoms with van der Waals surface area (Å²) >= 11 is 0. The summed E-state index contributed by atoms with van der Waals surface area (Å²) in [5, 5.41) is 0.966. The Kier molecular flexibility index (Phi) is 3.19. The summed E-state index contributed by atoms with van der Waals surface area (Å²) in [7, 11) is 0. The number of benzene rings is 1. The number of aromatic nitrogens is 2. The first-order valence-corrected chi connectivity index (χ1v) is 7.40. The lowest BCUT2D eigenvalue weighted by Gasteiger charge is -2.16. The molecule has 0 radical (unpaired) electrons. The minimum absolute atomic E-state index is 0.149. The van der Waals surface area contributed by atoms with E-state index < -0.39 is 0 Å². The fourth-order valence-electron chi connectivity index (χ4n) is 2.84. The van der Waals surface area contributed by atoms with Gasteiger partial charge in [-0.05, 0) is 29.8 Å². The highest BCUT2D eigenvalue weighted by atomic mass is 19.1. The molecule has 2 aromatic heterocycles. The number of H-pyrrole nitrogens is 1. The fraction of sp³-hybridized carbons (Fsp3) is 0.111. The van der Waals surface area contributed by atoms with E-state index in [0.29, 0.717) is 30.0 Å². The largest absolute Gasteiger partial charge is 0.346 e. The third-order valence-electron chi connectivity index (χ3n) is 4.05. The molecule has 0 unspecified atom stereocenters. The summed E-state index contributed by atoms with van der Waals surface area (Å²) in [4.78, 5) is 21.6. The summed E-state index contributed by atoms with van der Waals surface area (Å²) in [6.45, 7) is 0.858. The highest BCUT2D eigenvalue weighted by molar-refractivity contribution is 5.96. The van der Waals surface area contributed by atoms with Crippen LogP contribution in [0.5, 0.6) is 0 Å². The molecular formula is C18H14FN3O. The van der Waals surface area contributed by atoms with E-state index in [2.05, 4.69) is 9.97 Å². The second kappa shape index (κ2) is 5.35. The smallest absolute Gasteiger partial charge is 0.273 e. The van der Waals surface area contributed by atoms with Crippen molar-refractivity contribution in [3.05, 3.63) is 71.8 Å². The minimum atomic E-state index is -0.265. The van der Waals surface area contributed by atoms with Crippen LogP contribution in [0.2, 0.25) is 0 Å². The molecule has 114 valence electrons. The average Bonchev–Trinajstić information content (AvgIpc) is 3.23. The van der Waals surface area contributed by atoms with Gasteiger partial charge >= 0.3 is 0 Å². The monoisotopic (exact) mass is 307 g/mol. The van der Waals surface area contributed by atoms with Gasteiger partial charge in [-0.25, -0.2) is 9.37 Å². The molecule has 0 atom stereocenters. The normalized spacial score (nSPS) is 14.3. The van der Waals surface area contributed by atoms with Crippen LogP contribution in [0.3, 0.4) is 0 Å². The van der Waals surface area contributed by atoms with Crippen LogP contribution in [0, 0.1) is 5.82 Å². The number of fused-ring (bicyclic) bond motifs is 1. The predicted molar refractivity (Wildman–Crippen MR) is 86.4 cm³/mol. The van der Waals surface area contributed by atoms with Crippen molar-refractivity contribution < 1.29 is 9.18 Å². The van der Waals surface area contributed by atoms with Crippen molar-refractivity contribution in [1.82, 2.24) is 14.9 Å². The van der Waals surface area contributed by atoms with Gasteiger partial charge in [0.1, 0.15) is 17.2 Å². The Morgan fingerprint density at radius 1 is 1.17 bits per heavy atom. The molecule has 0 spiro atoms. The number of nitrogens with one attached hydrogen (secondary N) is 1. The number of halogens is 1. The molecule has 0 bridgehead atoms. The lowest BCUT2D eigenvalue weighted by Crippen LogP contribution is -2.29. The molecule has 4 rings (SSSR count). The van der Waals surface area contributed by atoms with Crippen molar-refractivity contribution in [2.75, 3.05) is 13.1 Å². The second-order valence-electron chi connectivity index (χ2n) is 5.51. The number of hydrogen-bond acceptors (Lipinski definition) is 2. The van der Waals surface area contributed by atoms with Crippen LogP contribution in [0.25, 0.3) is 16.6 Å². The number of aromatic amines is 1. The lowest BCUT2D eigenvalue weighted by atomic mass is 10.1. The molecule has 3 heterocycles. The molecule has 1 aliphatic heterocycles. The number of amides is 1. The number of rotatable bonds is 2. The van der Waals surface area contributed by atoms with Crippen LogP contribution in [0.4, 0.5) is 4.39 Å². The molecule has 0 fully saturated rings. The van der Waals surface area contributed by atoms with Crippen LogP contribution < -0.4 is 0 Å². The van der Waals surface area contributed by atoms with Gasteiger partial charge in [0.15, 0.2) is 0 Å². The van der Waals surface area contributed by atoms with Crippen molar-refractivity contribution in [2.45, 2.75) is 0 Å². The standard InChI is InChI=1S/C18H14FN3O/c19-15-4-2-1-3-14(15)13-8-10-22(11-13)18(23)16-6-5-12-7-9-20-17(12)21-16/h1-9H,10-11H2,(H,20,21). The van der Waals surface area contributed by atoms with Crippen molar-refractivity contribution in [3.8, 4) is 0 Å². The average molecular weight is 307 g/mol. The molecule has 0 saturated carbocycles. The lowest BCUT2D eigenvalue weighted by molar-refractivity contribution is 0.0796. The van der Waals surface area contributed by atoms with E-state index in [4.69, 9.17) is 0 Å². The van der Waals surface area contributed by atoms with E-state index in [9.17, 15) is 9.18 Å². The van der Waals surface area contributed by atoms with Gasteiger partial charge in [-0.2, -0.15) is 0 Å². The Bertz CT molecular complexity index is 929. The van der Waals surface area contributed by atoms with Crippen LogP contribution >= 0.6 is 0 Å². The van der Waals surface area contributed by atoms with Gasteiger partial charge in [0.2, 0.25) is 0 Å². The number of pyridine rings is 1. The maximum atomic E-state index is 13.9. The first-order chi connectivity index (χ1) is 11.2. The highest BCUT2D eigenvalue weighted by Gasteiger charge is 2.24. The van der Waals surface area contributed by atoms with Crippen molar-refractivity contribution in [2.24, 2.45) is 0 Å². The summed E-state index contributed by atoms with van der Waals surface area (Å²) in [6.07, 6.45) is 3.68. The highest BCUT2D eigenvalue weighted by Crippen LogP contribution is 2.24.